The molecule has 2 heterocycles. The number of rotatable bonds is 7. The van der Waals surface area contributed by atoms with Gasteiger partial charge in [0.05, 0.1) is 10.6 Å². The van der Waals surface area contributed by atoms with E-state index >= 15 is 0 Å². The Bertz CT molecular complexity index is 1240. The number of nitrogens with two attached hydrogens (primary N) is 1. The standard InChI is InChI=1S/C18H22N4O4S3/c1-12-11-27-18(21-12)16-10-17(13(2)22(16)3)29(25,26)20-9-8-14-4-6-15(7-5-14)28(19,23)24/h4-7,10-11,20H,8-9H2,1-3H3,(H2,19,23,24). The highest BCUT2D eigenvalue weighted by atomic mass is 32.2. The Labute approximate surface area is 174 Å². The van der Waals surface area contributed by atoms with Crippen LogP contribution in [-0.4, -0.2) is 32.9 Å². The molecule has 11 heteroatoms. The number of sulfonamides is 2. The van der Waals surface area contributed by atoms with Crippen LogP contribution in [0.25, 0.3) is 10.7 Å². The Balaban J connectivity index is 1.73. The Kier molecular flexibility index (Phi) is 5.97. The van der Waals surface area contributed by atoms with Gasteiger partial charge < -0.3 is 4.57 Å². The van der Waals surface area contributed by atoms with Gasteiger partial charge in [-0.3, -0.25) is 0 Å². The van der Waals surface area contributed by atoms with E-state index in [1.807, 2.05) is 23.9 Å². The van der Waals surface area contributed by atoms with Gasteiger partial charge in [-0.25, -0.2) is 31.7 Å². The molecule has 0 fully saturated rings. The molecule has 156 valence electrons. The molecule has 0 saturated carbocycles. The molecule has 8 nitrogen and oxygen atoms in total. The molecule has 0 atom stereocenters. The maximum Gasteiger partial charge on any atom is 0.242 e. The number of aryl methyl sites for hydroxylation is 1. The molecule has 0 bridgehead atoms. The molecule has 0 aliphatic heterocycles. The van der Waals surface area contributed by atoms with Gasteiger partial charge in [-0.05, 0) is 44.0 Å². The zero-order valence-corrected chi connectivity index (χ0v) is 18.7. The number of thiazole rings is 1. The zero-order valence-electron chi connectivity index (χ0n) is 16.2. The third kappa shape index (κ3) is 4.75. The van der Waals surface area contributed by atoms with Gasteiger partial charge in [-0.2, -0.15) is 0 Å². The van der Waals surface area contributed by atoms with Crippen molar-refractivity contribution in [2.75, 3.05) is 6.54 Å². The summed E-state index contributed by atoms with van der Waals surface area (Å²) in [6.45, 7) is 3.83. The second-order valence-electron chi connectivity index (χ2n) is 6.67. The van der Waals surface area contributed by atoms with E-state index in [0.717, 1.165) is 22.0 Å². The van der Waals surface area contributed by atoms with Crippen molar-refractivity contribution in [3.05, 3.63) is 52.7 Å². The van der Waals surface area contributed by atoms with Crippen LogP contribution in [0.1, 0.15) is 17.0 Å². The summed E-state index contributed by atoms with van der Waals surface area (Å²) in [4.78, 5) is 4.67. The fourth-order valence-corrected chi connectivity index (χ4v) is 5.56. The van der Waals surface area contributed by atoms with Gasteiger partial charge in [0.1, 0.15) is 9.90 Å². The first-order chi connectivity index (χ1) is 13.5. The van der Waals surface area contributed by atoms with E-state index in [0.29, 0.717) is 12.1 Å². The van der Waals surface area contributed by atoms with Crippen LogP contribution >= 0.6 is 11.3 Å². The molecule has 2 aromatic heterocycles. The quantitative estimate of drug-likeness (QED) is 0.564. The van der Waals surface area contributed by atoms with Crippen LogP contribution in [0.4, 0.5) is 0 Å². The molecule has 3 N–H and O–H groups in total. The number of nitrogens with zero attached hydrogens (tertiary/aromatic N) is 2. The number of benzene rings is 1. The summed E-state index contributed by atoms with van der Waals surface area (Å²) >= 11 is 1.47. The van der Waals surface area contributed by atoms with Gasteiger partial charge in [-0.1, -0.05) is 12.1 Å². The Morgan fingerprint density at radius 2 is 1.79 bits per heavy atom. The number of hydrogen-bond donors (Lipinski definition) is 2. The second-order valence-corrected chi connectivity index (χ2v) is 10.8. The molecule has 3 aromatic rings. The second kappa shape index (κ2) is 8.00. The van der Waals surface area contributed by atoms with Gasteiger partial charge in [0.25, 0.3) is 0 Å². The van der Waals surface area contributed by atoms with Crippen LogP contribution in [0, 0.1) is 13.8 Å². The number of aromatic nitrogens is 2. The Morgan fingerprint density at radius 3 is 2.34 bits per heavy atom. The van der Waals surface area contributed by atoms with Gasteiger partial charge in [0.2, 0.25) is 20.0 Å². The summed E-state index contributed by atoms with van der Waals surface area (Å²) in [6, 6.07) is 7.68. The monoisotopic (exact) mass is 454 g/mol. The maximum absolute atomic E-state index is 12.8. The van der Waals surface area contributed by atoms with Crippen LogP contribution in [0.5, 0.6) is 0 Å². The predicted octanol–water partition coefficient (Wildman–Crippen LogP) is 1.93. The van der Waals surface area contributed by atoms with Crippen molar-refractivity contribution in [1.82, 2.24) is 14.3 Å². The minimum Gasteiger partial charge on any atom is -0.345 e. The minimum absolute atomic E-state index is 0.0201. The van der Waals surface area contributed by atoms with Crippen LogP contribution in [0.15, 0.2) is 45.5 Å². The Morgan fingerprint density at radius 1 is 1.14 bits per heavy atom. The van der Waals surface area contributed by atoms with Crippen molar-refractivity contribution in [2.24, 2.45) is 12.2 Å². The van der Waals surface area contributed by atoms with Gasteiger partial charge in [-0.15, -0.1) is 11.3 Å². The summed E-state index contributed by atoms with van der Waals surface area (Å²) in [7, 11) is -5.64. The van der Waals surface area contributed by atoms with E-state index in [1.165, 1.54) is 23.5 Å². The number of nitrogens with one attached hydrogen (secondary N) is 1. The van der Waals surface area contributed by atoms with Crippen LogP contribution in [0.2, 0.25) is 0 Å². The minimum atomic E-state index is -3.75. The normalized spacial score (nSPS) is 12.4. The van der Waals surface area contributed by atoms with Crippen molar-refractivity contribution >= 4 is 31.4 Å². The molecular weight excluding hydrogens is 432 g/mol. The number of hydrogen-bond acceptors (Lipinski definition) is 6. The smallest absolute Gasteiger partial charge is 0.242 e. The fourth-order valence-electron chi connectivity index (χ4n) is 2.87. The summed E-state index contributed by atoms with van der Waals surface area (Å²) in [6.07, 6.45) is 0.411. The van der Waals surface area contributed by atoms with Crippen molar-refractivity contribution in [2.45, 2.75) is 30.1 Å². The van der Waals surface area contributed by atoms with E-state index in [9.17, 15) is 16.8 Å². The van der Waals surface area contributed by atoms with Crippen molar-refractivity contribution in [3.8, 4) is 10.7 Å². The summed E-state index contributed by atoms with van der Waals surface area (Å²) in [5.74, 6) is 0. The molecule has 0 unspecified atom stereocenters. The largest absolute Gasteiger partial charge is 0.345 e. The first-order valence-electron chi connectivity index (χ1n) is 8.69. The van der Waals surface area contributed by atoms with Crippen molar-refractivity contribution in [3.63, 3.8) is 0 Å². The van der Waals surface area contributed by atoms with E-state index < -0.39 is 20.0 Å². The first kappa shape index (κ1) is 21.7. The van der Waals surface area contributed by atoms with Gasteiger partial charge >= 0.3 is 0 Å². The predicted molar refractivity (Wildman–Crippen MR) is 113 cm³/mol. The lowest BCUT2D eigenvalue weighted by Crippen LogP contribution is -2.26. The topological polar surface area (TPSA) is 124 Å². The third-order valence-electron chi connectivity index (χ3n) is 4.57. The zero-order chi connectivity index (χ0) is 21.4. The molecule has 3 rings (SSSR count). The SMILES string of the molecule is Cc1csc(-c2cc(S(=O)(=O)NCCc3ccc(S(N)(=O)=O)cc3)c(C)n2C)n1. The maximum atomic E-state index is 12.8. The van der Waals surface area contributed by atoms with Crippen LogP contribution in [-0.2, 0) is 33.5 Å². The van der Waals surface area contributed by atoms with E-state index in [1.54, 1.807) is 25.1 Å². The summed E-state index contributed by atoms with van der Waals surface area (Å²) < 4.78 is 52.6. The van der Waals surface area contributed by atoms with E-state index in [4.69, 9.17) is 5.14 Å². The third-order valence-corrected chi connectivity index (χ3v) is 8.06. The lowest BCUT2D eigenvalue weighted by Gasteiger charge is -2.07. The number of primary sulfonamides is 1. The van der Waals surface area contributed by atoms with E-state index in [-0.39, 0.29) is 16.3 Å². The molecule has 0 aliphatic rings. The molecule has 0 spiro atoms. The molecule has 0 saturated heterocycles. The highest BCUT2D eigenvalue weighted by Crippen LogP contribution is 2.29. The first-order valence-corrected chi connectivity index (χ1v) is 12.6. The average Bonchev–Trinajstić information content (AvgIpc) is 3.19. The molecular formula is C18H22N4O4S3. The van der Waals surface area contributed by atoms with Crippen LogP contribution in [0.3, 0.4) is 0 Å². The van der Waals surface area contributed by atoms with Crippen LogP contribution < -0.4 is 9.86 Å². The summed E-state index contributed by atoms with van der Waals surface area (Å²) in [5.41, 5.74) is 3.06. The molecule has 0 aliphatic carbocycles. The van der Waals surface area contributed by atoms with Gasteiger partial charge in [0.15, 0.2) is 0 Å². The van der Waals surface area contributed by atoms with Crippen molar-refractivity contribution in [1.29, 1.82) is 0 Å². The highest BCUT2D eigenvalue weighted by Gasteiger charge is 2.23. The highest BCUT2D eigenvalue weighted by molar-refractivity contribution is 7.89. The lowest BCUT2D eigenvalue weighted by atomic mass is 10.2. The molecule has 0 amide bonds. The fraction of sp³-hybridized carbons (Fsp3) is 0.278. The molecule has 0 radical (unpaired) electrons. The van der Waals surface area contributed by atoms with Gasteiger partial charge in [0, 0.05) is 30.4 Å². The van der Waals surface area contributed by atoms with E-state index in [2.05, 4.69) is 9.71 Å². The lowest BCUT2D eigenvalue weighted by molar-refractivity contribution is 0.580. The Hall–Kier alpha value is -2.05. The average molecular weight is 455 g/mol. The molecule has 1 aromatic carbocycles. The summed E-state index contributed by atoms with van der Waals surface area (Å²) in [5, 5.41) is 7.76. The molecule has 29 heavy (non-hydrogen) atoms. The van der Waals surface area contributed by atoms with Crippen molar-refractivity contribution < 1.29 is 16.8 Å².